The van der Waals surface area contributed by atoms with Crippen molar-refractivity contribution in [3.8, 4) is 11.5 Å². The number of nitrogens with one attached hydrogen (secondary N) is 2. The molecule has 0 spiro atoms. The number of carbonyl (C=O) groups excluding carboxylic acids is 3. The maximum Gasteiger partial charge on any atom is 0.341 e. The Morgan fingerprint density at radius 3 is 2.34 bits per heavy atom. The van der Waals surface area contributed by atoms with Crippen molar-refractivity contribution >= 4 is 39.8 Å². The number of benzene rings is 2. The van der Waals surface area contributed by atoms with Gasteiger partial charge in [0.15, 0.2) is 6.10 Å². The van der Waals surface area contributed by atoms with Crippen molar-refractivity contribution in [1.82, 2.24) is 0 Å². The second kappa shape index (κ2) is 11.5. The first-order valence-corrected chi connectivity index (χ1v) is 11.9. The molecule has 0 radical (unpaired) electrons. The normalized spacial score (nSPS) is 11.3. The largest absolute Gasteiger partial charge is 0.495 e. The summed E-state index contributed by atoms with van der Waals surface area (Å²) in [4.78, 5) is 38.6. The lowest BCUT2D eigenvalue weighted by atomic mass is 10.1. The SMILES string of the molecule is CCOC(=O)c1c(NC(=O)c2ccc(O[C@H](C)C(=O)Nc3ccccc3OC)cc2)sc(C)c1C. The molecule has 0 unspecified atom stereocenters. The molecular weight excluding hydrogens is 468 g/mol. The quantitative estimate of drug-likeness (QED) is 0.394. The number of hydrogen-bond acceptors (Lipinski definition) is 7. The summed E-state index contributed by atoms with van der Waals surface area (Å²) in [5, 5.41) is 6.03. The topological polar surface area (TPSA) is 103 Å². The van der Waals surface area contributed by atoms with Crippen LogP contribution in [0.3, 0.4) is 0 Å². The third-order valence-electron chi connectivity index (χ3n) is 5.26. The number of thiophene rings is 1. The number of methoxy groups -OCH3 is 1. The molecule has 9 heteroatoms. The molecule has 184 valence electrons. The summed E-state index contributed by atoms with van der Waals surface area (Å²) in [6.45, 7) is 7.32. The molecule has 0 aliphatic rings. The molecule has 2 aromatic carbocycles. The van der Waals surface area contributed by atoms with E-state index in [0.29, 0.717) is 33.3 Å². The summed E-state index contributed by atoms with van der Waals surface area (Å²) < 4.78 is 16.1. The molecule has 35 heavy (non-hydrogen) atoms. The summed E-state index contributed by atoms with van der Waals surface area (Å²) in [5.74, 6) is -0.199. The van der Waals surface area contributed by atoms with Gasteiger partial charge in [-0.2, -0.15) is 0 Å². The van der Waals surface area contributed by atoms with Crippen molar-refractivity contribution in [2.75, 3.05) is 24.4 Å². The van der Waals surface area contributed by atoms with E-state index in [2.05, 4.69) is 10.6 Å². The predicted molar refractivity (Wildman–Crippen MR) is 136 cm³/mol. The van der Waals surface area contributed by atoms with Gasteiger partial charge in [-0.25, -0.2) is 4.79 Å². The van der Waals surface area contributed by atoms with Crippen LogP contribution in [0, 0.1) is 13.8 Å². The zero-order valence-electron chi connectivity index (χ0n) is 20.3. The van der Waals surface area contributed by atoms with E-state index < -0.39 is 12.1 Å². The first-order valence-electron chi connectivity index (χ1n) is 11.0. The van der Waals surface area contributed by atoms with Crippen LogP contribution >= 0.6 is 11.3 Å². The fourth-order valence-electron chi connectivity index (χ4n) is 3.26. The van der Waals surface area contributed by atoms with Gasteiger partial charge in [-0.15, -0.1) is 11.3 Å². The Kier molecular flexibility index (Phi) is 8.48. The Hall–Kier alpha value is -3.85. The molecule has 2 N–H and O–H groups in total. The van der Waals surface area contributed by atoms with E-state index in [0.717, 1.165) is 10.4 Å². The van der Waals surface area contributed by atoms with Crippen LogP contribution in [0.5, 0.6) is 11.5 Å². The highest BCUT2D eigenvalue weighted by molar-refractivity contribution is 7.16. The van der Waals surface area contributed by atoms with Gasteiger partial charge in [0, 0.05) is 10.4 Å². The first kappa shape index (κ1) is 25.8. The van der Waals surface area contributed by atoms with Crippen LogP contribution < -0.4 is 20.1 Å². The van der Waals surface area contributed by atoms with Crippen LogP contribution in [0.4, 0.5) is 10.7 Å². The third kappa shape index (κ3) is 6.19. The Balaban J connectivity index is 1.65. The van der Waals surface area contributed by atoms with E-state index in [1.807, 2.05) is 19.9 Å². The predicted octanol–water partition coefficient (Wildman–Crippen LogP) is 5.21. The summed E-state index contributed by atoms with van der Waals surface area (Å²) in [5.41, 5.74) is 2.08. The lowest BCUT2D eigenvalue weighted by molar-refractivity contribution is -0.122. The standard InChI is InChI=1S/C26H28N2O6S/c1-6-33-26(31)22-15(2)17(4)35-25(22)28-24(30)18-11-13-19(14-12-18)34-16(3)23(29)27-20-9-7-8-10-21(20)32-5/h7-14,16H,6H2,1-5H3,(H,27,29)(H,28,30)/t16-/m1/s1. The van der Waals surface area contributed by atoms with Gasteiger partial charge in [0.1, 0.15) is 16.5 Å². The van der Waals surface area contributed by atoms with Crippen LogP contribution in [0.15, 0.2) is 48.5 Å². The number of carbonyl (C=O) groups is 3. The molecule has 1 heterocycles. The molecule has 8 nitrogen and oxygen atoms in total. The molecule has 0 fully saturated rings. The zero-order valence-corrected chi connectivity index (χ0v) is 21.1. The second-order valence-corrected chi connectivity index (χ2v) is 8.86. The molecule has 2 amide bonds. The fraction of sp³-hybridized carbons (Fsp3) is 0.269. The van der Waals surface area contributed by atoms with Crippen LogP contribution in [0.2, 0.25) is 0 Å². The number of amides is 2. The maximum absolute atomic E-state index is 12.8. The molecule has 3 rings (SSSR count). The van der Waals surface area contributed by atoms with Crippen molar-refractivity contribution in [1.29, 1.82) is 0 Å². The molecule has 0 aliphatic heterocycles. The van der Waals surface area contributed by atoms with E-state index in [-0.39, 0.29) is 18.4 Å². The summed E-state index contributed by atoms with van der Waals surface area (Å²) >= 11 is 1.33. The minimum atomic E-state index is -0.788. The number of aryl methyl sites for hydroxylation is 1. The van der Waals surface area contributed by atoms with E-state index in [4.69, 9.17) is 14.2 Å². The Morgan fingerprint density at radius 2 is 1.69 bits per heavy atom. The molecule has 1 atom stereocenters. The van der Waals surface area contributed by atoms with Gasteiger partial charge in [0.2, 0.25) is 0 Å². The van der Waals surface area contributed by atoms with Crippen LogP contribution in [-0.2, 0) is 9.53 Å². The van der Waals surface area contributed by atoms with Crippen LogP contribution in [0.1, 0.15) is 45.0 Å². The molecule has 3 aromatic rings. The van der Waals surface area contributed by atoms with Gasteiger partial charge in [-0.1, -0.05) is 12.1 Å². The molecule has 0 aliphatic carbocycles. The Morgan fingerprint density at radius 1 is 1.00 bits per heavy atom. The monoisotopic (exact) mass is 496 g/mol. The van der Waals surface area contributed by atoms with Crippen molar-refractivity contribution in [3.05, 3.63) is 70.1 Å². The highest BCUT2D eigenvalue weighted by atomic mass is 32.1. The molecule has 1 aromatic heterocycles. The number of esters is 1. The Labute approximate surface area is 208 Å². The number of anilines is 2. The molecule has 0 bridgehead atoms. The number of hydrogen-bond donors (Lipinski definition) is 2. The van der Waals surface area contributed by atoms with Gasteiger partial charge in [0.25, 0.3) is 11.8 Å². The van der Waals surface area contributed by atoms with Crippen molar-refractivity contribution in [3.63, 3.8) is 0 Å². The second-order valence-electron chi connectivity index (χ2n) is 7.64. The molecule has 0 saturated heterocycles. The minimum absolute atomic E-state index is 0.247. The summed E-state index contributed by atoms with van der Waals surface area (Å²) in [6, 6.07) is 13.5. The van der Waals surface area contributed by atoms with Crippen LogP contribution in [-0.4, -0.2) is 37.6 Å². The Bertz CT molecular complexity index is 1220. The average Bonchev–Trinajstić information content (AvgIpc) is 3.12. The van der Waals surface area contributed by atoms with Gasteiger partial charge in [-0.3, -0.25) is 9.59 Å². The van der Waals surface area contributed by atoms with E-state index in [1.165, 1.54) is 18.4 Å². The maximum atomic E-state index is 12.8. The average molecular weight is 497 g/mol. The molecular formula is C26H28N2O6S. The smallest absolute Gasteiger partial charge is 0.341 e. The van der Waals surface area contributed by atoms with Gasteiger partial charge < -0.3 is 24.8 Å². The van der Waals surface area contributed by atoms with Gasteiger partial charge >= 0.3 is 5.97 Å². The van der Waals surface area contributed by atoms with E-state index in [9.17, 15) is 14.4 Å². The fourth-order valence-corrected chi connectivity index (χ4v) is 4.31. The minimum Gasteiger partial charge on any atom is -0.495 e. The van der Waals surface area contributed by atoms with E-state index >= 15 is 0 Å². The highest BCUT2D eigenvalue weighted by Crippen LogP contribution is 2.33. The number of rotatable bonds is 9. The summed E-state index contributed by atoms with van der Waals surface area (Å²) in [7, 11) is 1.53. The highest BCUT2D eigenvalue weighted by Gasteiger charge is 2.23. The number of para-hydroxylation sites is 2. The number of ether oxygens (including phenoxy) is 3. The van der Waals surface area contributed by atoms with Crippen LogP contribution in [0.25, 0.3) is 0 Å². The third-order valence-corrected chi connectivity index (χ3v) is 6.38. The molecule has 0 saturated carbocycles. The van der Waals surface area contributed by atoms with E-state index in [1.54, 1.807) is 56.3 Å². The first-order chi connectivity index (χ1) is 16.7. The van der Waals surface area contributed by atoms with Crippen molar-refractivity contribution < 1.29 is 28.6 Å². The zero-order chi connectivity index (χ0) is 25.5. The van der Waals surface area contributed by atoms with Gasteiger partial charge in [0.05, 0.1) is 25.0 Å². The van der Waals surface area contributed by atoms with Gasteiger partial charge in [-0.05, 0) is 69.7 Å². The van der Waals surface area contributed by atoms with Crippen molar-refractivity contribution in [2.45, 2.75) is 33.8 Å². The van der Waals surface area contributed by atoms with Crippen molar-refractivity contribution in [2.24, 2.45) is 0 Å². The summed E-state index contributed by atoms with van der Waals surface area (Å²) in [6.07, 6.45) is -0.788. The lowest BCUT2D eigenvalue weighted by Crippen LogP contribution is -2.30. The lowest BCUT2D eigenvalue weighted by Gasteiger charge is -2.16.